The summed E-state index contributed by atoms with van der Waals surface area (Å²) in [5.41, 5.74) is 3.55. The molecule has 4 nitrogen and oxygen atoms in total. The quantitative estimate of drug-likeness (QED) is 0.755. The molecule has 0 bridgehead atoms. The summed E-state index contributed by atoms with van der Waals surface area (Å²) in [6.07, 6.45) is 0.795. The lowest BCUT2D eigenvalue weighted by Crippen LogP contribution is -2.39. The lowest BCUT2D eigenvalue weighted by atomic mass is 10.0. The summed E-state index contributed by atoms with van der Waals surface area (Å²) in [5.74, 6) is -1.43. The van der Waals surface area contributed by atoms with Crippen LogP contribution in [0, 0.1) is 5.82 Å². The molecule has 0 atom stereocenters. The second-order valence-corrected chi connectivity index (χ2v) is 6.67. The van der Waals surface area contributed by atoms with Crippen LogP contribution in [0.4, 0.5) is 10.1 Å². The van der Waals surface area contributed by atoms with E-state index in [1.165, 1.54) is 12.1 Å². The molecule has 1 aliphatic rings. The van der Waals surface area contributed by atoms with Gasteiger partial charge in [0.2, 0.25) is 5.91 Å². The van der Waals surface area contributed by atoms with Crippen molar-refractivity contribution in [2.75, 3.05) is 18.0 Å². The molecule has 3 aromatic rings. The van der Waals surface area contributed by atoms with E-state index < -0.39 is 11.7 Å². The maximum atomic E-state index is 14.2. The SMILES string of the molecule is O=C(NCC(=O)N1CCc2ccccc21)c1cc(-c2ccccc2)ccc1F. The van der Waals surface area contributed by atoms with Crippen molar-refractivity contribution in [3.63, 3.8) is 0 Å². The molecule has 0 aromatic heterocycles. The highest BCUT2D eigenvalue weighted by atomic mass is 19.1. The summed E-state index contributed by atoms with van der Waals surface area (Å²) in [6, 6.07) is 21.6. The van der Waals surface area contributed by atoms with Gasteiger partial charge in [0.15, 0.2) is 0 Å². The van der Waals surface area contributed by atoms with Gasteiger partial charge in [0.05, 0.1) is 12.1 Å². The van der Waals surface area contributed by atoms with Crippen LogP contribution in [0.2, 0.25) is 0 Å². The molecule has 0 aliphatic carbocycles. The van der Waals surface area contributed by atoms with Gasteiger partial charge in [-0.15, -0.1) is 0 Å². The number of fused-ring (bicyclic) bond motifs is 1. The Morgan fingerprint density at radius 1 is 0.929 bits per heavy atom. The Bertz CT molecular complexity index is 1030. The van der Waals surface area contributed by atoms with Crippen LogP contribution in [0.15, 0.2) is 72.8 Å². The third kappa shape index (κ3) is 3.51. The minimum absolute atomic E-state index is 0.0732. The topological polar surface area (TPSA) is 49.4 Å². The molecule has 4 rings (SSSR count). The Morgan fingerprint density at radius 2 is 1.68 bits per heavy atom. The van der Waals surface area contributed by atoms with Crippen LogP contribution in [0.25, 0.3) is 11.1 Å². The maximum absolute atomic E-state index is 14.2. The monoisotopic (exact) mass is 374 g/mol. The first-order chi connectivity index (χ1) is 13.6. The number of nitrogens with zero attached hydrogens (tertiary/aromatic N) is 1. The number of amides is 2. The molecular weight excluding hydrogens is 355 g/mol. The van der Waals surface area contributed by atoms with Crippen LogP contribution in [-0.2, 0) is 11.2 Å². The summed E-state index contributed by atoms with van der Waals surface area (Å²) < 4.78 is 14.2. The van der Waals surface area contributed by atoms with Crippen LogP contribution in [-0.4, -0.2) is 24.9 Å². The number of carbonyl (C=O) groups is 2. The van der Waals surface area contributed by atoms with Crippen molar-refractivity contribution >= 4 is 17.5 Å². The molecule has 0 saturated carbocycles. The Labute approximate surface area is 162 Å². The van der Waals surface area contributed by atoms with E-state index in [2.05, 4.69) is 5.32 Å². The molecule has 0 spiro atoms. The number of hydrogen-bond donors (Lipinski definition) is 1. The number of nitrogens with one attached hydrogen (secondary N) is 1. The summed E-state index contributed by atoms with van der Waals surface area (Å²) in [4.78, 5) is 26.7. The molecule has 28 heavy (non-hydrogen) atoms. The molecule has 140 valence electrons. The van der Waals surface area contributed by atoms with Gasteiger partial charge < -0.3 is 10.2 Å². The van der Waals surface area contributed by atoms with Gasteiger partial charge >= 0.3 is 0 Å². The number of benzene rings is 3. The molecule has 0 radical (unpaired) electrons. The number of para-hydroxylation sites is 1. The van der Waals surface area contributed by atoms with Crippen LogP contribution in [0.1, 0.15) is 15.9 Å². The zero-order valence-electron chi connectivity index (χ0n) is 15.2. The molecule has 1 heterocycles. The van der Waals surface area contributed by atoms with Gasteiger partial charge in [-0.3, -0.25) is 9.59 Å². The first kappa shape index (κ1) is 17.9. The Hall–Kier alpha value is -3.47. The van der Waals surface area contributed by atoms with E-state index in [0.717, 1.165) is 28.8 Å². The summed E-state index contributed by atoms with van der Waals surface area (Å²) in [7, 11) is 0. The predicted octanol–water partition coefficient (Wildman–Crippen LogP) is 3.81. The number of rotatable bonds is 4. The van der Waals surface area contributed by atoms with Crippen molar-refractivity contribution in [3.05, 3.63) is 89.7 Å². The molecule has 3 aromatic carbocycles. The fourth-order valence-corrected chi connectivity index (χ4v) is 3.45. The fourth-order valence-electron chi connectivity index (χ4n) is 3.45. The number of halogens is 1. The molecule has 5 heteroatoms. The Morgan fingerprint density at radius 3 is 2.50 bits per heavy atom. The number of carbonyl (C=O) groups excluding carboxylic acids is 2. The average molecular weight is 374 g/mol. The largest absolute Gasteiger partial charge is 0.343 e. The van der Waals surface area contributed by atoms with E-state index in [1.807, 2.05) is 54.6 Å². The first-order valence-corrected chi connectivity index (χ1v) is 9.15. The highest BCUT2D eigenvalue weighted by Gasteiger charge is 2.24. The highest BCUT2D eigenvalue weighted by Crippen LogP contribution is 2.27. The van der Waals surface area contributed by atoms with Gasteiger partial charge in [-0.25, -0.2) is 4.39 Å². The van der Waals surface area contributed by atoms with Crippen LogP contribution < -0.4 is 10.2 Å². The molecule has 0 saturated heterocycles. The van der Waals surface area contributed by atoms with Gasteiger partial charge in [0.1, 0.15) is 5.82 Å². The van der Waals surface area contributed by atoms with Gasteiger partial charge in [-0.2, -0.15) is 0 Å². The van der Waals surface area contributed by atoms with E-state index in [4.69, 9.17) is 0 Å². The average Bonchev–Trinajstić information content (AvgIpc) is 3.17. The predicted molar refractivity (Wildman–Crippen MR) is 107 cm³/mol. The highest BCUT2D eigenvalue weighted by molar-refractivity contribution is 6.01. The van der Waals surface area contributed by atoms with Crippen molar-refractivity contribution in [2.24, 2.45) is 0 Å². The molecule has 1 N–H and O–H groups in total. The van der Waals surface area contributed by atoms with Crippen molar-refractivity contribution in [2.45, 2.75) is 6.42 Å². The molecule has 0 unspecified atom stereocenters. The van der Waals surface area contributed by atoms with Crippen molar-refractivity contribution in [1.82, 2.24) is 5.32 Å². The number of hydrogen-bond acceptors (Lipinski definition) is 2. The summed E-state index contributed by atoms with van der Waals surface area (Å²) in [6.45, 7) is 0.411. The van der Waals surface area contributed by atoms with Crippen LogP contribution in [0.5, 0.6) is 0 Å². The van der Waals surface area contributed by atoms with Gasteiger partial charge in [0, 0.05) is 12.2 Å². The first-order valence-electron chi connectivity index (χ1n) is 9.15. The number of anilines is 1. The minimum atomic E-state index is -0.615. The normalized spacial score (nSPS) is 12.5. The third-order valence-corrected chi connectivity index (χ3v) is 4.91. The van der Waals surface area contributed by atoms with Gasteiger partial charge in [-0.05, 0) is 41.3 Å². The molecule has 0 fully saturated rings. The minimum Gasteiger partial charge on any atom is -0.343 e. The van der Waals surface area contributed by atoms with Gasteiger partial charge in [0.25, 0.3) is 5.91 Å². The van der Waals surface area contributed by atoms with E-state index in [0.29, 0.717) is 6.54 Å². The van der Waals surface area contributed by atoms with Crippen molar-refractivity contribution in [3.8, 4) is 11.1 Å². The lowest BCUT2D eigenvalue weighted by Gasteiger charge is -2.17. The zero-order chi connectivity index (χ0) is 19.5. The van der Waals surface area contributed by atoms with E-state index in [1.54, 1.807) is 11.0 Å². The lowest BCUT2D eigenvalue weighted by molar-refractivity contribution is -0.117. The zero-order valence-corrected chi connectivity index (χ0v) is 15.2. The van der Waals surface area contributed by atoms with Gasteiger partial charge in [-0.1, -0.05) is 54.6 Å². The Balaban J connectivity index is 1.46. The Kier molecular flexibility index (Phi) is 4.89. The summed E-state index contributed by atoms with van der Waals surface area (Å²) in [5, 5.41) is 2.56. The van der Waals surface area contributed by atoms with Crippen LogP contribution >= 0.6 is 0 Å². The second-order valence-electron chi connectivity index (χ2n) is 6.67. The molecule has 2 amide bonds. The van der Waals surface area contributed by atoms with E-state index in [9.17, 15) is 14.0 Å². The smallest absolute Gasteiger partial charge is 0.254 e. The van der Waals surface area contributed by atoms with Crippen molar-refractivity contribution < 1.29 is 14.0 Å². The van der Waals surface area contributed by atoms with Crippen molar-refractivity contribution in [1.29, 1.82) is 0 Å². The summed E-state index contributed by atoms with van der Waals surface area (Å²) >= 11 is 0. The van der Waals surface area contributed by atoms with E-state index >= 15 is 0 Å². The second kappa shape index (κ2) is 7.64. The standard InChI is InChI=1S/C23H19FN2O2/c24-20-11-10-18(16-6-2-1-3-7-16)14-19(20)23(28)25-15-22(27)26-13-12-17-8-4-5-9-21(17)26/h1-11,14H,12-13,15H2,(H,25,28). The fraction of sp³-hybridized carbons (Fsp3) is 0.130. The third-order valence-electron chi connectivity index (χ3n) is 4.91. The van der Waals surface area contributed by atoms with Crippen LogP contribution in [0.3, 0.4) is 0 Å². The van der Waals surface area contributed by atoms with E-state index in [-0.39, 0.29) is 18.0 Å². The molecular formula is C23H19FN2O2. The molecule has 1 aliphatic heterocycles. The maximum Gasteiger partial charge on any atom is 0.254 e.